The monoisotopic (exact) mass is 306 g/mol. The van der Waals surface area contributed by atoms with Gasteiger partial charge in [-0.25, -0.2) is 0 Å². The third kappa shape index (κ3) is 4.29. The Morgan fingerprint density at radius 3 is 2.36 bits per heavy atom. The van der Waals surface area contributed by atoms with Crippen LogP contribution >= 0.6 is 0 Å². The Kier molecular flexibility index (Phi) is 6.36. The average molecular weight is 306 g/mol. The van der Waals surface area contributed by atoms with Gasteiger partial charge in [-0.15, -0.1) is 0 Å². The van der Waals surface area contributed by atoms with Gasteiger partial charge in [0.1, 0.15) is 0 Å². The number of nitrogens with one attached hydrogen (secondary N) is 2. The van der Waals surface area contributed by atoms with Crippen molar-refractivity contribution in [1.29, 1.82) is 0 Å². The molecule has 0 aliphatic carbocycles. The molecule has 5 nitrogen and oxygen atoms in total. The molecule has 0 saturated carbocycles. The normalized spacial score (nSPS) is 17.2. The summed E-state index contributed by atoms with van der Waals surface area (Å²) in [4.78, 5) is 12.6. The quantitative estimate of drug-likeness (QED) is 0.801. The minimum atomic E-state index is -0.393. The van der Waals surface area contributed by atoms with E-state index in [0.29, 0.717) is 19.8 Å². The summed E-state index contributed by atoms with van der Waals surface area (Å²) in [6.07, 6.45) is 1.64. The zero-order valence-electron chi connectivity index (χ0n) is 13.5. The molecule has 1 fully saturated rings. The average Bonchev–Trinajstić information content (AvgIpc) is 2.55. The molecule has 1 aromatic carbocycles. The summed E-state index contributed by atoms with van der Waals surface area (Å²) in [6, 6.07) is 8.11. The zero-order valence-corrected chi connectivity index (χ0v) is 13.5. The second-order valence-corrected chi connectivity index (χ2v) is 5.90. The Bertz CT molecular complexity index is 462. The number of carbonyl (C=O) groups is 1. The summed E-state index contributed by atoms with van der Waals surface area (Å²) in [5, 5.41) is 6.37. The molecule has 0 radical (unpaired) electrons. The first-order chi connectivity index (χ1) is 10.7. The topological polar surface area (TPSA) is 59.6 Å². The van der Waals surface area contributed by atoms with E-state index >= 15 is 0 Å². The van der Waals surface area contributed by atoms with Crippen molar-refractivity contribution in [3.05, 3.63) is 35.4 Å². The summed E-state index contributed by atoms with van der Waals surface area (Å²) in [5.74, 6) is 0.0943. The van der Waals surface area contributed by atoms with E-state index in [2.05, 4.69) is 10.6 Å². The summed E-state index contributed by atoms with van der Waals surface area (Å²) in [7, 11) is 3.34. The molecule has 2 N–H and O–H groups in total. The van der Waals surface area contributed by atoms with Gasteiger partial charge >= 0.3 is 0 Å². The van der Waals surface area contributed by atoms with Crippen LogP contribution < -0.4 is 10.6 Å². The van der Waals surface area contributed by atoms with E-state index in [1.807, 2.05) is 24.3 Å². The molecule has 0 atom stereocenters. The second kappa shape index (κ2) is 8.27. The fourth-order valence-corrected chi connectivity index (χ4v) is 2.91. The van der Waals surface area contributed by atoms with Gasteiger partial charge in [0.15, 0.2) is 0 Å². The lowest BCUT2D eigenvalue weighted by atomic mass is 9.78. The van der Waals surface area contributed by atoms with Gasteiger partial charge in [0.25, 0.3) is 0 Å². The largest absolute Gasteiger partial charge is 0.384 e. The van der Waals surface area contributed by atoms with E-state index in [4.69, 9.17) is 9.47 Å². The highest BCUT2D eigenvalue weighted by molar-refractivity contribution is 5.83. The molecule has 1 aromatic rings. The maximum absolute atomic E-state index is 12.6. The van der Waals surface area contributed by atoms with Crippen molar-refractivity contribution in [1.82, 2.24) is 10.6 Å². The predicted molar refractivity (Wildman–Crippen MR) is 85.4 cm³/mol. The van der Waals surface area contributed by atoms with Crippen LogP contribution in [-0.4, -0.2) is 39.8 Å². The van der Waals surface area contributed by atoms with Gasteiger partial charge in [0, 0.05) is 20.8 Å². The third-order valence-electron chi connectivity index (χ3n) is 4.25. The Balaban J connectivity index is 1.92. The van der Waals surface area contributed by atoms with Crippen LogP contribution in [0.25, 0.3) is 0 Å². The SMILES string of the molecule is COCc1ccc(CNC(=O)C2(COC)CCNCC2)cc1. The standard InChI is InChI=1S/C17H26N2O3/c1-21-12-15-5-3-14(4-6-15)11-19-16(20)17(13-22-2)7-9-18-10-8-17/h3-6,18H,7-13H2,1-2H3,(H,19,20). The summed E-state index contributed by atoms with van der Waals surface area (Å²) in [6.45, 7) is 3.36. The van der Waals surface area contributed by atoms with Crippen molar-refractivity contribution in [2.75, 3.05) is 33.9 Å². The van der Waals surface area contributed by atoms with Crippen LogP contribution in [0.15, 0.2) is 24.3 Å². The molecule has 0 spiro atoms. The fourth-order valence-electron chi connectivity index (χ4n) is 2.91. The molecule has 0 unspecified atom stereocenters. The van der Waals surface area contributed by atoms with E-state index in [1.54, 1.807) is 14.2 Å². The lowest BCUT2D eigenvalue weighted by Gasteiger charge is -2.35. The van der Waals surface area contributed by atoms with Crippen LogP contribution in [0.1, 0.15) is 24.0 Å². The van der Waals surface area contributed by atoms with Crippen molar-refractivity contribution >= 4 is 5.91 Å². The van der Waals surface area contributed by atoms with Gasteiger partial charge < -0.3 is 20.1 Å². The number of benzene rings is 1. The molecule has 1 heterocycles. The van der Waals surface area contributed by atoms with E-state index in [9.17, 15) is 4.79 Å². The number of rotatable bonds is 7. The third-order valence-corrected chi connectivity index (χ3v) is 4.25. The van der Waals surface area contributed by atoms with Gasteiger partial charge in [-0.1, -0.05) is 24.3 Å². The number of ether oxygens (including phenoxy) is 2. The molecule has 1 amide bonds. The highest BCUT2D eigenvalue weighted by Crippen LogP contribution is 2.29. The van der Waals surface area contributed by atoms with Crippen LogP contribution in [0.4, 0.5) is 0 Å². The van der Waals surface area contributed by atoms with Gasteiger partial charge in [0.2, 0.25) is 5.91 Å². The lowest BCUT2D eigenvalue weighted by Crippen LogP contribution is -2.49. The van der Waals surface area contributed by atoms with Gasteiger partial charge in [-0.2, -0.15) is 0 Å². The van der Waals surface area contributed by atoms with E-state index in [-0.39, 0.29) is 5.91 Å². The Hall–Kier alpha value is -1.43. The number of carbonyl (C=O) groups excluding carboxylic acids is 1. The minimum absolute atomic E-state index is 0.0943. The van der Waals surface area contributed by atoms with Crippen molar-refractivity contribution < 1.29 is 14.3 Å². The lowest BCUT2D eigenvalue weighted by molar-refractivity contribution is -0.136. The predicted octanol–water partition coefficient (Wildman–Crippen LogP) is 1.47. The molecule has 1 aliphatic heterocycles. The molecule has 5 heteroatoms. The maximum atomic E-state index is 12.6. The van der Waals surface area contributed by atoms with Gasteiger partial charge in [0.05, 0.1) is 18.6 Å². The second-order valence-electron chi connectivity index (χ2n) is 5.90. The smallest absolute Gasteiger partial charge is 0.228 e. The first kappa shape index (κ1) is 16.9. The molecule has 22 heavy (non-hydrogen) atoms. The molecule has 0 aromatic heterocycles. The molecule has 1 saturated heterocycles. The first-order valence-corrected chi connectivity index (χ1v) is 7.75. The Labute approximate surface area is 132 Å². The van der Waals surface area contributed by atoms with Crippen LogP contribution in [0, 0.1) is 5.41 Å². The number of methoxy groups -OCH3 is 2. The molecular weight excluding hydrogens is 280 g/mol. The van der Waals surface area contributed by atoms with Gasteiger partial charge in [-0.05, 0) is 37.1 Å². The Morgan fingerprint density at radius 2 is 1.77 bits per heavy atom. The van der Waals surface area contributed by atoms with Crippen LogP contribution in [0.3, 0.4) is 0 Å². The van der Waals surface area contributed by atoms with Crippen LogP contribution in [0.2, 0.25) is 0 Å². The van der Waals surface area contributed by atoms with Gasteiger partial charge in [-0.3, -0.25) is 4.79 Å². The molecular formula is C17H26N2O3. The molecule has 122 valence electrons. The van der Waals surface area contributed by atoms with Crippen molar-refractivity contribution in [2.24, 2.45) is 5.41 Å². The molecule has 0 bridgehead atoms. The van der Waals surface area contributed by atoms with E-state index in [0.717, 1.165) is 37.1 Å². The summed E-state index contributed by atoms with van der Waals surface area (Å²) < 4.78 is 10.4. The maximum Gasteiger partial charge on any atom is 0.228 e. The zero-order chi connectivity index (χ0) is 15.8. The fraction of sp³-hybridized carbons (Fsp3) is 0.588. The first-order valence-electron chi connectivity index (χ1n) is 7.75. The van der Waals surface area contributed by atoms with Crippen LogP contribution in [0.5, 0.6) is 0 Å². The number of piperidine rings is 1. The highest BCUT2D eigenvalue weighted by atomic mass is 16.5. The van der Waals surface area contributed by atoms with Crippen molar-refractivity contribution in [3.63, 3.8) is 0 Å². The van der Waals surface area contributed by atoms with Crippen molar-refractivity contribution in [2.45, 2.75) is 26.0 Å². The summed E-state index contributed by atoms with van der Waals surface area (Å²) in [5.41, 5.74) is 1.83. The number of hydrogen-bond donors (Lipinski definition) is 2. The van der Waals surface area contributed by atoms with Crippen molar-refractivity contribution in [3.8, 4) is 0 Å². The molecule has 2 rings (SSSR count). The summed E-state index contributed by atoms with van der Waals surface area (Å²) >= 11 is 0. The highest BCUT2D eigenvalue weighted by Gasteiger charge is 2.39. The number of hydrogen-bond acceptors (Lipinski definition) is 4. The van der Waals surface area contributed by atoms with Crippen LogP contribution in [-0.2, 0) is 27.4 Å². The minimum Gasteiger partial charge on any atom is -0.384 e. The van der Waals surface area contributed by atoms with E-state index < -0.39 is 5.41 Å². The number of amides is 1. The molecule has 1 aliphatic rings. The Morgan fingerprint density at radius 1 is 1.14 bits per heavy atom. The van der Waals surface area contributed by atoms with E-state index in [1.165, 1.54) is 0 Å².